The highest BCUT2D eigenvalue weighted by molar-refractivity contribution is 5.80. The van der Waals surface area contributed by atoms with Crippen LogP contribution in [-0.2, 0) is 0 Å². The summed E-state index contributed by atoms with van der Waals surface area (Å²) in [5, 5.41) is 9.92. The Morgan fingerprint density at radius 2 is 1.93 bits per heavy atom. The Bertz CT molecular complexity index is 1240. The molecular formula is C23H25FN4O2. The lowest BCUT2D eigenvalue weighted by molar-refractivity contribution is 0.0285. The summed E-state index contributed by atoms with van der Waals surface area (Å²) in [6, 6.07) is 8.39. The maximum atomic E-state index is 14.8. The Morgan fingerprint density at radius 1 is 1.17 bits per heavy atom. The van der Waals surface area contributed by atoms with Gasteiger partial charge in [0.25, 0.3) is 0 Å². The first-order chi connectivity index (χ1) is 14.1. The molecule has 0 saturated carbocycles. The molecule has 0 fully saturated rings. The van der Waals surface area contributed by atoms with Gasteiger partial charge < -0.3 is 9.84 Å². The minimum Gasteiger partial charge on any atom is -0.491 e. The van der Waals surface area contributed by atoms with Crippen LogP contribution in [-0.4, -0.2) is 36.7 Å². The topological polar surface area (TPSA) is 72.5 Å². The first-order valence-corrected chi connectivity index (χ1v) is 9.94. The van der Waals surface area contributed by atoms with Gasteiger partial charge in [-0.15, -0.1) is 0 Å². The molecule has 1 N–H and O–H groups in total. The van der Waals surface area contributed by atoms with Crippen molar-refractivity contribution in [1.29, 1.82) is 0 Å². The molecule has 0 spiro atoms. The zero-order valence-electron chi connectivity index (χ0n) is 17.8. The summed E-state index contributed by atoms with van der Waals surface area (Å²) >= 11 is 0. The number of benzene rings is 1. The highest BCUT2D eigenvalue weighted by Crippen LogP contribution is 2.30. The zero-order valence-corrected chi connectivity index (χ0v) is 17.8. The number of aliphatic hydroxyl groups is 1. The van der Waals surface area contributed by atoms with E-state index in [1.807, 2.05) is 23.5 Å². The van der Waals surface area contributed by atoms with E-state index < -0.39 is 11.4 Å². The first kappa shape index (κ1) is 20.2. The molecule has 3 heterocycles. The lowest BCUT2D eigenvalue weighted by atomic mass is 10.1. The van der Waals surface area contributed by atoms with Crippen LogP contribution in [0.15, 0.2) is 36.5 Å². The summed E-state index contributed by atoms with van der Waals surface area (Å²) in [6.07, 6.45) is 1.69. The predicted octanol–water partition coefficient (Wildman–Crippen LogP) is 4.67. The van der Waals surface area contributed by atoms with E-state index >= 15 is 0 Å². The Hall–Kier alpha value is -3.06. The number of ether oxygens (including phenoxy) is 1. The summed E-state index contributed by atoms with van der Waals surface area (Å²) in [7, 11) is 0. The largest absolute Gasteiger partial charge is 0.491 e. The van der Waals surface area contributed by atoms with Crippen molar-refractivity contribution in [1.82, 2.24) is 19.4 Å². The van der Waals surface area contributed by atoms with Crippen LogP contribution in [0.2, 0.25) is 0 Å². The van der Waals surface area contributed by atoms with E-state index in [9.17, 15) is 9.50 Å². The molecule has 0 aliphatic rings. The third-order valence-electron chi connectivity index (χ3n) is 4.87. The number of hydrogen-bond donors (Lipinski definition) is 1. The number of rotatable bonds is 5. The highest BCUT2D eigenvalue weighted by Gasteiger charge is 2.19. The van der Waals surface area contributed by atoms with Crippen molar-refractivity contribution in [3.05, 3.63) is 53.7 Å². The molecule has 0 unspecified atom stereocenters. The van der Waals surface area contributed by atoms with Crippen molar-refractivity contribution in [3.8, 4) is 17.1 Å². The maximum absolute atomic E-state index is 14.8. The molecule has 30 heavy (non-hydrogen) atoms. The molecule has 0 amide bonds. The van der Waals surface area contributed by atoms with Gasteiger partial charge in [-0.2, -0.15) is 0 Å². The number of fused-ring (bicyclic) bond motifs is 3. The highest BCUT2D eigenvalue weighted by atomic mass is 19.1. The molecule has 156 valence electrons. The Labute approximate surface area is 174 Å². The lowest BCUT2D eigenvalue weighted by Gasteiger charge is -2.18. The van der Waals surface area contributed by atoms with Crippen LogP contribution in [0.3, 0.4) is 0 Å². The van der Waals surface area contributed by atoms with E-state index in [-0.39, 0.29) is 12.5 Å². The van der Waals surface area contributed by atoms with Gasteiger partial charge in [0, 0.05) is 5.69 Å². The number of aromatic nitrogens is 4. The van der Waals surface area contributed by atoms with Crippen LogP contribution in [0.25, 0.3) is 28.1 Å². The van der Waals surface area contributed by atoms with Crippen LogP contribution >= 0.6 is 0 Å². The number of imidazole rings is 1. The standard InChI is InChI=1S/C23H25FN4O2/c1-13(2)18-8-9-19-22(27-18)28-20(14(3)26-19)11-25-21(28)16-10-15(6-7-17(16)24)30-12-23(4,5)29/h6-11,13,29H,12H2,1-5H3. The zero-order chi connectivity index (χ0) is 21.6. The average Bonchev–Trinajstić information content (AvgIpc) is 3.12. The van der Waals surface area contributed by atoms with Crippen LogP contribution < -0.4 is 4.74 Å². The van der Waals surface area contributed by atoms with Gasteiger partial charge in [0.15, 0.2) is 5.65 Å². The summed E-state index contributed by atoms with van der Waals surface area (Å²) in [5.74, 6) is 0.713. The number of halogens is 1. The van der Waals surface area contributed by atoms with Crippen molar-refractivity contribution in [2.45, 2.75) is 46.1 Å². The first-order valence-electron chi connectivity index (χ1n) is 9.94. The molecule has 4 aromatic rings. The number of nitrogens with zero attached hydrogens (tertiary/aromatic N) is 4. The molecule has 7 heteroatoms. The van der Waals surface area contributed by atoms with E-state index in [2.05, 4.69) is 23.8 Å². The van der Waals surface area contributed by atoms with Gasteiger partial charge in [0.05, 0.1) is 28.6 Å². The molecule has 3 aromatic heterocycles. The van der Waals surface area contributed by atoms with Crippen LogP contribution in [0.4, 0.5) is 4.39 Å². The fraction of sp³-hybridized carbons (Fsp3) is 0.348. The van der Waals surface area contributed by atoms with Gasteiger partial charge >= 0.3 is 0 Å². The van der Waals surface area contributed by atoms with Crippen LogP contribution in [0, 0.1) is 12.7 Å². The molecular weight excluding hydrogens is 383 g/mol. The molecule has 6 nitrogen and oxygen atoms in total. The normalized spacial score (nSPS) is 12.3. The van der Waals surface area contributed by atoms with Crippen molar-refractivity contribution in [2.24, 2.45) is 0 Å². The average molecular weight is 408 g/mol. The second-order valence-electron chi connectivity index (χ2n) is 8.48. The summed E-state index contributed by atoms with van der Waals surface area (Å²) in [6.45, 7) is 9.44. The molecule has 0 bridgehead atoms. The lowest BCUT2D eigenvalue weighted by Crippen LogP contribution is -2.27. The summed E-state index contributed by atoms with van der Waals surface area (Å²) < 4.78 is 22.4. The van der Waals surface area contributed by atoms with Gasteiger partial charge in [-0.1, -0.05) is 13.8 Å². The van der Waals surface area contributed by atoms with Crippen molar-refractivity contribution < 1.29 is 14.2 Å². The fourth-order valence-corrected chi connectivity index (χ4v) is 3.30. The van der Waals surface area contributed by atoms with E-state index in [1.165, 1.54) is 6.07 Å². The van der Waals surface area contributed by atoms with Crippen LogP contribution in [0.5, 0.6) is 5.75 Å². The molecule has 0 aliphatic heterocycles. The molecule has 0 aliphatic carbocycles. The van der Waals surface area contributed by atoms with E-state index in [0.29, 0.717) is 22.8 Å². The molecule has 0 saturated heterocycles. The van der Waals surface area contributed by atoms with Gasteiger partial charge in [-0.05, 0) is 57.0 Å². The maximum Gasteiger partial charge on any atom is 0.165 e. The summed E-state index contributed by atoms with van der Waals surface area (Å²) in [4.78, 5) is 13.9. The number of aryl methyl sites for hydroxylation is 1. The molecule has 1 aromatic carbocycles. The smallest absolute Gasteiger partial charge is 0.165 e. The minimum atomic E-state index is -0.995. The summed E-state index contributed by atoms with van der Waals surface area (Å²) in [5.41, 5.74) is 3.15. The Kier molecular flexibility index (Phi) is 4.94. The Morgan fingerprint density at radius 3 is 2.63 bits per heavy atom. The van der Waals surface area contributed by atoms with Crippen molar-refractivity contribution in [2.75, 3.05) is 6.61 Å². The SMILES string of the molecule is Cc1nc2ccc(C(C)C)nc2n2c(-c3cc(OCC(C)(C)O)ccc3F)ncc12. The monoisotopic (exact) mass is 408 g/mol. The van der Waals surface area contributed by atoms with Gasteiger partial charge in [0.1, 0.15) is 29.5 Å². The van der Waals surface area contributed by atoms with E-state index in [1.54, 1.807) is 32.2 Å². The molecule has 0 radical (unpaired) electrons. The predicted molar refractivity (Wildman–Crippen MR) is 114 cm³/mol. The number of pyridine rings is 1. The minimum absolute atomic E-state index is 0.0890. The Balaban J connectivity index is 1.93. The van der Waals surface area contributed by atoms with E-state index in [4.69, 9.17) is 9.72 Å². The van der Waals surface area contributed by atoms with E-state index in [0.717, 1.165) is 22.4 Å². The fourth-order valence-electron chi connectivity index (χ4n) is 3.30. The van der Waals surface area contributed by atoms with Crippen LogP contribution in [0.1, 0.15) is 45.0 Å². The number of hydrogen-bond acceptors (Lipinski definition) is 5. The van der Waals surface area contributed by atoms with Crippen molar-refractivity contribution >= 4 is 16.7 Å². The quantitative estimate of drug-likeness (QED) is 0.520. The van der Waals surface area contributed by atoms with Crippen molar-refractivity contribution in [3.63, 3.8) is 0 Å². The second-order valence-corrected chi connectivity index (χ2v) is 8.48. The van der Waals surface area contributed by atoms with Gasteiger partial charge in [0.2, 0.25) is 0 Å². The van der Waals surface area contributed by atoms with Gasteiger partial charge in [-0.3, -0.25) is 4.40 Å². The third kappa shape index (κ3) is 3.73. The van der Waals surface area contributed by atoms with Gasteiger partial charge in [-0.25, -0.2) is 19.3 Å². The second kappa shape index (κ2) is 7.32. The molecule has 4 rings (SSSR count). The molecule has 0 atom stereocenters. The third-order valence-corrected chi connectivity index (χ3v) is 4.87.